The van der Waals surface area contributed by atoms with E-state index in [4.69, 9.17) is 17.0 Å². The van der Waals surface area contributed by atoms with E-state index in [1.165, 1.54) is 6.07 Å². The summed E-state index contributed by atoms with van der Waals surface area (Å²) in [5.74, 6) is -0.326. The summed E-state index contributed by atoms with van der Waals surface area (Å²) < 4.78 is 18.0. The van der Waals surface area contributed by atoms with Crippen LogP contribution in [0.2, 0.25) is 0 Å². The molecule has 0 heterocycles. The Morgan fingerprint density at radius 2 is 2.20 bits per heavy atom. The third-order valence-corrected chi connectivity index (χ3v) is 1.96. The largest absolute Gasteiger partial charge is 0.383 e. The molecule has 5 heteroatoms. The van der Waals surface area contributed by atoms with Gasteiger partial charge in [0.1, 0.15) is 5.82 Å². The van der Waals surface area contributed by atoms with Crippen LogP contribution in [0.3, 0.4) is 0 Å². The molecule has 0 aliphatic rings. The van der Waals surface area contributed by atoms with Crippen molar-refractivity contribution < 1.29 is 9.13 Å². The number of methoxy groups -OCH3 is 1. The lowest BCUT2D eigenvalue weighted by Crippen LogP contribution is -2.31. The monoisotopic (exact) mass is 228 g/mol. The minimum absolute atomic E-state index is 0.326. The van der Waals surface area contributed by atoms with Gasteiger partial charge < -0.3 is 15.4 Å². The minimum Gasteiger partial charge on any atom is -0.383 e. The molecule has 82 valence electrons. The van der Waals surface area contributed by atoms with Crippen LogP contribution in [0.1, 0.15) is 0 Å². The van der Waals surface area contributed by atoms with Crippen molar-refractivity contribution in [3.8, 4) is 0 Å². The number of anilines is 1. The average molecular weight is 228 g/mol. The van der Waals surface area contributed by atoms with E-state index in [2.05, 4.69) is 10.6 Å². The highest BCUT2D eigenvalue weighted by molar-refractivity contribution is 7.80. The fourth-order valence-electron chi connectivity index (χ4n) is 0.996. The minimum atomic E-state index is -0.326. The first kappa shape index (κ1) is 11.9. The summed E-state index contributed by atoms with van der Waals surface area (Å²) in [6.07, 6.45) is 0. The summed E-state index contributed by atoms with van der Waals surface area (Å²) in [4.78, 5) is 0. The lowest BCUT2D eigenvalue weighted by Gasteiger charge is -2.10. The molecule has 0 bridgehead atoms. The second-order valence-corrected chi connectivity index (χ2v) is 3.26. The van der Waals surface area contributed by atoms with Crippen LogP contribution in [0, 0.1) is 5.82 Å². The molecule has 1 aromatic carbocycles. The van der Waals surface area contributed by atoms with Gasteiger partial charge in [0, 0.05) is 13.7 Å². The second-order valence-electron chi connectivity index (χ2n) is 2.85. The van der Waals surface area contributed by atoms with E-state index in [0.29, 0.717) is 24.0 Å². The van der Waals surface area contributed by atoms with Crippen LogP contribution in [0.4, 0.5) is 10.1 Å². The van der Waals surface area contributed by atoms with E-state index < -0.39 is 0 Å². The Morgan fingerprint density at radius 3 is 2.87 bits per heavy atom. The van der Waals surface area contributed by atoms with Gasteiger partial charge in [0.15, 0.2) is 5.11 Å². The summed E-state index contributed by atoms with van der Waals surface area (Å²) >= 11 is 4.96. The maximum absolute atomic E-state index is 13.2. The van der Waals surface area contributed by atoms with Crippen molar-refractivity contribution in [3.63, 3.8) is 0 Å². The Bertz CT molecular complexity index is 333. The Labute approximate surface area is 93.6 Å². The van der Waals surface area contributed by atoms with Crippen molar-refractivity contribution in [2.45, 2.75) is 0 Å². The van der Waals surface area contributed by atoms with E-state index in [1.54, 1.807) is 25.3 Å². The summed E-state index contributed by atoms with van der Waals surface area (Å²) in [5, 5.41) is 6.03. The highest BCUT2D eigenvalue weighted by Gasteiger charge is 2.01. The maximum atomic E-state index is 13.2. The van der Waals surface area contributed by atoms with Gasteiger partial charge in [-0.05, 0) is 24.4 Å². The zero-order chi connectivity index (χ0) is 11.1. The lowest BCUT2D eigenvalue weighted by atomic mass is 10.3. The maximum Gasteiger partial charge on any atom is 0.170 e. The molecule has 0 saturated carbocycles. The molecule has 2 N–H and O–H groups in total. The molecule has 1 rings (SSSR count). The molecule has 1 aromatic rings. The van der Waals surface area contributed by atoms with Gasteiger partial charge in [0.05, 0.1) is 12.3 Å². The van der Waals surface area contributed by atoms with Crippen LogP contribution >= 0.6 is 12.2 Å². The van der Waals surface area contributed by atoms with Gasteiger partial charge >= 0.3 is 0 Å². The Balaban J connectivity index is 2.41. The van der Waals surface area contributed by atoms with Crippen molar-refractivity contribution in [2.75, 3.05) is 25.6 Å². The highest BCUT2D eigenvalue weighted by atomic mass is 32.1. The first-order valence-electron chi connectivity index (χ1n) is 4.52. The van der Waals surface area contributed by atoms with Crippen molar-refractivity contribution in [1.29, 1.82) is 0 Å². The summed E-state index contributed by atoms with van der Waals surface area (Å²) in [5.41, 5.74) is 0.368. The van der Waals surface area contributed by atoms with Crippen molar-refractivity contribution >= 4 is 23.0 Å². The number of halogens is 1. The molecule has 3 nitrogen and oxygen atoms in total. The van der Waals surface area contributed by atoms with Gasteiger partial charge in [0.2, 0.25) is 0 Å². The zero-order valence-electron chi connectivity index (χ0n) is 8.42. The van der Waals surface area contributed by atoms with Crippen molar-refractivity contribution in [3.05, 3.63) is 30.1 Å². The van der Waals surface area contributed by atoms with Crippen LogP contribution in [-0.2, 0) is 4.74 Å². The summed E-state index contributed by atoms with van der Waals surface area (Å²) in [6, 6.07) is 6.37. The molecule has 0 unspecified atom stereocenters. The van der Waals surface area contributed by atoms with Crippen LogP contribution < -0.4 is 10.6 Å². The SMILES string of the molecule is COCCNC(=S)Nc1ccccc1F. The van der Waals surface area contributed by atoms with Gasteiger partial charge in [-0.3, -0.25) is 0 Å². The quantitative estimate of drug-likeness (QED) is 0.607. The number of rotatable bonds is 4. The number of thiocarbonyl (C=S) groups is 1. The average Bonchev–Trinajstić information content (AvgIpc) is 2.22. The number of para-hydroxylation sites is 1. The topological polar surface area (TPSA) is 33.3 Å². The molecule has 0 fully saturated rings. The van der Waals surface area contributed by atoms with Gasteiger partial charge in [-0.15, -0.1) is 0 Å². The van der Waals surface area contributed by atoms with E-state index in [9.17, 15) is 4.39 Å². The number of hydrogen-bond acceptors (Lipinski definition) is 2. The zero-order valence-corrected chi connectivity index (χ0v) is 9.23. The van der Waals surface area contributed by atoms with Crippen molar-refractivity contribution in [1.82, 2.24) is 5.32 Å². The van der Waals surface area contributed by atoms with Gasteiger partial charge in [-0.2, -0.15) is 0 Å². The summed E-state index contributed by atoms with van der Waals surface area (Å²) in [7, 11) is 1.61. The number of hydrogen-bond donors (Lipinski definition) is 2. The molecule has 0 radical (unpaired) electrons. The molecule has 0 aliphatic carbocycles. The van der Waals surface area contributed by atoms with E-state index >= 15 is 0 Å². The van der Waals surface area contributed by atoms with E-state index in [0.717, 1.165) is 0 Å². The first-order chi connectivity index (χ1) is 7.24. The fourth-order valence-corrected chi connectivity index (χ4v) is 1.21. The van der Waals surface area contributed by atoms with Crippen LogP contribution in [0.25, 0.3) is 0 Å². The second kappa shape index (κ2) is 6.31. The highest BCUT2D eigenvalue weighted by Crippen LogP contribution is 2.11. The Kier molecular flexibility index (Phi) is 5.00. The molecule has 0 saturated heterocycles. The molecular formula is C10H13FN2OS. The van der Waals surface area contributed by atoms with Crippen LogP contribution in [-0.4, -0.2) is 25.4 Å². The molecule has 0 aliphatic heterocycles. The Morgan fingerprint density at radius 1 is 1.47 bits per heavy atom. The van der Waals surface area contributed by atoms with E-state index in [1.807, 2.05) is 0 Å². The standard InChI is InChI=1S/C10H13FN2OS/c1-14-7-6-12-10(15)13-9-5-3-2-4-8(9)11/h2-5H,6-7H2,1H3,(H2,12,13,15). The smallest absolute Gasteiger partial charge is 0.170 e. The predicted molar refractivity (Wildman–Crippen MR) is 62.5 cm³/mol. The molecule has 0 spiro atoms. The number of nitrogens with one attached hydrogen (secondary N) is 2. The first-order valence-corrected chi connectivity index (χ1v) is 4.93. The Hall–Kier alpha value is -1.20. The lowest BCUT2D eigenvalue weighted by molar-refractivity contribution is 0.204. The fraction of sp³-hybridized carbons (Fsp3) is 0.300. The normalized spacial score (nSPS) is 9.73. The molecule has 0 atom stereocenters. The summed E-state index contributed by atoms with van der Waals surface area (Å²) in [6.45, 7) is 1.15. The predicted octanol–water partition coefficient (Wildman–Crippen LogP) is 1.76. The number of benzene rings is 1. The van der Waals surface area contributed by atoms with Gasteiger partial charge in [-0.25, -0.2) is 4.39 Å². The molecular weight excluding hydrogens is 215 g/mol. The van der Waals surface area contributed by atoms with Crippen LogP contribution in [0.15, 0.2) is 24.3 Å². The number of ether oxygens (including phenoxy) is 1. The van der Waals surface area contributed by atoms with Crippen LogP contribution in [0.5, 0.6) is 0 Å². The third-order valence-electron chi connectivity index (χ3n) is 1.71. The third kappa shape index (κ3) is 4.22. The van der Waals surface area contributed by atoms with Crippen molar-refractivity contribution in [2.24, 2.45) is 0 Å². The molecule has 15 heavy (non-hydrogen) atoms. The van der Waals surface area contributed by atoms with Gasteiger partial charge in [-0.1, -0.05) is 12.1 Å². The van der Waals surface area contributed by atoms with E-state index in [-0.39, 0.29) is 5.82 Å². The molecule has 0 aromatic heterocycles. The van der Waals surface area contributed by atoms with Gasteiger partial charge in [0.25, 0.3) is 0 Å². The molecule has 0 amide bonds.